The number of benzene rings is 2. The molecule has 2 aromatic carbocycles. The molecule has 36 heavy (non-hydrogen) atoms. The third kappa shape index (κ3) is 7.66. The number of likely N-dealkylation sites (tertiary alicyclic amines) is 2. The van der Waals surface area contributed by atoms with E-state index in [1.807, 2.05) is 11.0 Å². The van der Waals surface area contributed by atoms with E-state index in [9.17, 15) is 4.79 Å². The predicted octanol–water partition coefficient (Wildman–Crippen LogP) is 4.82. The second kappa shape index (κ2) is 13.0. The molecule has 0 spiro atoms. The summed E-state index contributed by atoms with van der Waals surface area (Å²) in [4.78, 5) is 26.4. The first kappa shape index (κ1) is 27.9. The van der Waals surface area contributed by atoms with Crippen LogP contribution in [0.5, 0.6) is 11.5 Å². The van der Waals surface area contributed by atoms with Crippen LogP contribution in [0.2, 0.25) is 10.0 Å². The van der Waals surface area contributed by atoms with Gasteiger partial charge in [0.25, 0.3) is 11.9 Å². The standard InChI is InChI=1S/C24H29Cl2N3O3.C2H4O2/c1-31-23-14-16(2-5-22(23)27)24(30)29-10-6-17(7-11-29)28-12-8-18(9-13-28)32-19-3-4-20(25)21(26)15-19;1-2(3)4/h2-5,14-15,17-18H,6-13,27H2,1H3;1H3,(H,3,4). The Bertz CT molecular complexity index is 1050. The number of rotatable bonds is 5. The summed E-state index contributed by atoms with van der Waals surface area (Å²) >= 11 is 12.1. The fourth-order valence-corrected chi connectivity index (χ4v) is 4.85. The first-order valence-electron chi connectivity index (χ1n) is 12.0. The van der Waals surface area contributed by atoms with Crippen molar-refractivity contribution in [3.63, 3.8) is 0 Å². The second-order valence-corrected chi connectivity index (χ2v) is 9.74. The molecule has 8 nitrogen and oxygen atoms in total. The number of carboxylic acids is 1. The number of methoxy groups -OCH3 is 1. The van der Waals surface area contributed by atoms with E-state index in [2.05, 4.69) is 4.90 Å². The number of carboxylic acid groups (broad SMARTS) is 1. The molecule has 2 aromatic rings. The number of hydrogen-bond acceptors (Lipinski definition) is 6. The number of carbonyl (C=O) groups excluding carboxylic acids is 1. The molecule has 2 aliphatic rings. The largest absolute Gasteiger partial charge is 0.495 e. The Labute approximate surface area is 221 Å². The minimum atomic E-state index is -0.833. The van der Waals surface area contributed by atoms with Crippen LogP contribution in [0.25, 0.3) is 0 Å². The normalized spacial score (nSPS) is 17.2. The molecular weight excluding hydrogens is 505 g/mol. The van der Waals surface area contributed by atoms with E-state index >= 15 is 0 Å². The number of anilines is 1. The lowest BCUT2D eigenvalue weighted by Crippen LogP contribution is -2.50. The van der Waals surface area contributed by atoms with Crippen molar-refractivity contribution in [2.24, 2.45) is 0 Å². The Hall–Kier alpha value is -2.68. The summed E-state index contributed by atoms with van der Waals surface area (Å²) in [5, 5.41) is 8.47. The van der Waals surface area contributed by atoms with Crippen molar-refractivity contribution in [2.45, 2.75) is 44.8 Å². The molecule has 4 rings (SSSR count). The van der Waals surface area contributed by atoms with Crippen LogP contribution in [-0.4, -0.2) is 72.2 Å². The summed E-state index contributed by atoms with van der Waals surface area (Å²) in [7, 11) is 1.56. The average Bonchev–Trinajstić information content (AvgIpc) is 2.86. The smallest absolute Gasteiger partial charge is 0.300 e. The molecule has 0 saturated carbocycles. The summed E-state index contributed by atoms with van der Waals surface area (Å²) < 4.78 is 11.4. The van der Waals surface area contributed by atoms with Gasteiger partial charge in [0.2, 0.25) is 0 Å². The lowest BCUT2D eigenvalue weighted by molar-refractivity contribution is -0.134. The number of nitrogens with zero attached hydrogens (tertiary/aromatic N) is 2. The molecule has 2 heterocycles. The summed E-state index contributed by atoms with van der Waals surface area (Å²) in [5.74, 6) is 0.510. The number of nitrogen functional groups attached to an aromatic ring is 1. The first-order chi connectivity index (χ1) is 17.2. The van der Waals surface area contributed by atoms with Crippen LogP contribution in [0.15, 0.2) is 36.4 Å². The Kier molecular flexibility index (Phi) is 10.1. The quantitative estimate of drug-likeness (QED) is 0.526. The number of ether oxygens (including phenoxy) is 2. The van der Waals surface area contributed by atoms with E-state index in [4.69, 9.17) is 48.3 Å². The van der Waals surface area contributed by atoms with E-state index in [1.165, 1.54) is 0 Å². The molecule has 0 unspecified atom stereocenters. The van der Waals surface area contributed by atoms with Crippen LogP contribution in [0.1, 0.15) is 43.0 Å². The molecule has 10 heteroatoms. The van der Waals surface area contributed by atoms with E-state index in [-0.39, 0.29) is 12.0 Å². The van der Waals surface area contributed by atoms with Gasteiger partial charge in [0.1, 0.15) is 17.6 Å². The minimum Gasteiger partial charge on any atom is -0.495 e. The molecule has 0 aromatic heterocycles. The van der Waals surface area contributed by atoms with Gasteiger partial charge in [0, 0.05) is 50.8 Å². The lowest BCUT2D eigenvalue weighted by Gasteiger charge is -2.41. The first-order valence-corrected chi connectivity index (χ1v) is 12.7. The highest BCUT2D eigenvalue weighted by Crippen LogP contribution is 2.29. The Balaban J connectivity index is 0.000000840. The molecule has 0 bridgehead atoms. The van der Waals surface area contributed by atoms with Crippen LogP contribution in [0.3, 0.4) is 0 Å². The zero-order chi connectivity index (χ0) is 26.2. The monoisotopic (exact) mass is 537 g/mol. The van der Waals surface area contributed by atoms with Crippen molar-refractivity contribution in [2.75, 3.05) is 39.0 Å². The third-order valence-electron chi connectivity index (χ3n) is 6.42. The predicted molar refractivity (Wildman–Crippen MR) is 141 cm³/mol. The van der Waals surface area contributed by atoms with Crippen molar-refractivity contribution in [1.82, 2.24) is 9.80 Å². The molecular formula is C26H33Cl2N3O5. The van der Waals surface area contributed by atoms with Gasteiger partial charge in [-0.3, -0.25) is 14.5 Å². The second-order valence-electron chi connectivity index (χ2n) is 8.93. The van der Waals surface area contributed by atoms with Crippen molar-refractivity contribution in [1.29, 1.82) is 0 Å². The number of hydrogen-bond donors (Lipinski definition) is 2. The SMILES string of the molecule is CC(=O)O.COc1cc(C(=O)N2CCC(N3CCC(Oc4ccc(Cl)c(Cl)c4)CC3)CC2)ccc1N. The highest BCUT2D eigenvalue weighted by molar-refractivity contribution is 6.42. The van der Waals surface area contributed by atoms with E-state index < -0.39 is 5.97 Å². The highest BCUT2D eigenvalue weighted by atomic mass is 35.5. The molecule has 0 atom stereocenters. The molecule has 2 saturated heterocycles. The van der Waals surface area contributed by atoms with Gasteiger partial charge in [-0.2, -0.15) is 0 Å². The van der Waals surface area contributed by atoms with Crippen LogP contribution in [0.4, 0.5) is 5.69 Å². The minimum absolute atomic E-state index is 0.0375. The maximum Gasteiger partial charge on any atom is 0.300 e. The average molecular weight is 538 g/mol. The lowest BCUT2D eigenvalue weighted by atomic mass is 9.98. The zero-order valence-electron chi connectivity index (χ0n) is 20.6. The summed E-state index contributed by atoms with van der Waals surface area (Å²) in [6.07, 6.45) is 4.10. The summed E-state index contributed by atoms with van der Waals surface area (Å²) in [6, 6.07) is 11.1. The molecule has 0 radical (unpaired) electrons. The number of amides is 1. The number of halogens is 2. The van der Waals surface area contributed by atoms with Gasteiger partial charge < -0.3 is 25.2 Å². The van der Waals surface area contributed by atoms with E-state index in [0.717, 1.165) is 64.5 Å². The third-order valence-corrected chi connectivity index (χ3v) is 7.16. The fraction of sp³-hybridized carbons (Fsp3) is 0.462. The van der Waals surface area contributed by atoms with Gasteiger partial charge in [-0.15, -0.1) is 0 Å². The fourth-order valence-electron chi connectivity index (χ4n) is 4.56. The summed E-state index contributed by atoms with van der Waals surface area (Å²) in [5.41, 5.74) is 7.03. The molecule has 196 valence electrons. The summed E-state index contributed by atoms with van der Waals surface area (Å²) in [6.45, 7) is 4.60. The van der Waals surface area contributed by atoms with Gasteiger partial charge in [0.15, 0.2) is 0 Å². The van der Waals surface area contributed by atoms with Crippen molar-refractivity contribution in [3.8, 4) is 11.5 Å². The van der Waals surface area contributed by atoms with Gasteiger partial charge in [-0.05, 0) is 56.0 Å². The number of nitrogens with two attached hydrogens (primary N) is 1. The molecule has 3 N–H and O–H groups in total. The van der Waals surface area contributed by atoms with Crippen molar-refractivity contribution in [3.05, 3.63) is 52.0 Å². The Morgan fingerprint density at radius 1 is 0.972 bits per heavy atom. The van der Waals surface area contributed by atoms with Crippen LogP contribution in [0, 0.1) is 0 Å². The zero-order valence-corrected chi connectivity index (χ0v) is 22.1. The van der Waals surface area contributed by atoms with Gasteiger partial charge >= 0.3 is 0 Å². The maximum absolute atomic E-state index is 12.9. The Morgan fingerprint density at radius 3 is 2.19 bits per heavy atom. The highest BCUT2D eigenvalue weighted by Gasteiger charge is 2.30. The van der Waals surface area contributed by atoms with Crippen LogP contribution < -0.4 is 15.2 Å². The van der Waals surface area contributed by atoms with Gasteiger partial charge in [0.05, 0.1) is 22.8 Å². The van der Waals surface area contributed by atoms with E-state index in [1.54, 1.807) is 37.4 Å². The van der Waals surface area contributed by atoms with Crippen molar-refractivity contribution >= 4 is 40.8 Å². The number of aliphatic carboxylic acids is 1. The Morgan fingerprint density at radius 2 is 1.61 bits per heavy atom. The molecule has 1 amide bonds. The topological polar surface area (TPSA) is 105 Å². The van der Waals surface area contributed by atoms with Gasteiger partial charge in [-0.1, -0.05) is 23.2 Å². The van der Waals surface area contributed by atoms with E-state index in [0.29, 0.717) is 33.1 Å². The maximum atomic E-state index is 12.9. The van der Waals surface area contributed by atoms with Crippen LogP contribution in [-0.2, 0) is 4.79 Å². The number of piperidine rings is 2. The van der Waals surface area contributed by atoms with Crippen molar-refractivity contribution < 1.29 is 24.2 Å². The number of carbonyl (C=O) groups is 2. The molecule has 2 fully saturated rings. The van der Waals surface area contributed by atoms with Crippen LogP contribution >= 0.6 is 23.2 Å². The molecule has 0 aliphatic carbocycles. The van der Waals surface area contributed by atoms with Gasteiger partial charge in [-0.25, -0.2) is 0 Å². The molecule has 2 aliphatic heterocycles.